The molecule has 1 aromatic heterocycles. The first kappa shape index (κ1) is 15.9. The summed E-state index contributed by atoms with van der Waals surface area (Å²) >= 11 is 3.02. The van der Waals surface area contributed by atoms with E-state index in [-0.39, 0.29) is 18.7 Å². The molecule has 10 heteroatoms. The Morgan fingerprint density at radius 3 is 2.81 bits per heavy atom. The number of halogens is 2. The smallest absolute Gasteiger partial charge is 0.243 e. The van der Waals surface area contributed by atoms with Crippen molar-refractivity contribution in [2.24, 2.45) is 0 Å². The van der Waals surface area contributed by atoms with E-state index in [0.717, 1.165) is 12.1 Å². The molecule has 0 amide bonds. The van der Waals surface area contributed by atoms with Gasteiger partial charge in [0.2, 0.25) is 15.9 Å². The Balaban J connectivity index is 2.10. The molecule has 7 nitrogen and oxygen atoms in total. The molecule has 0 aliphatic heterocycles. The molecular formula is C11H12BrFN4O3S. The molecule has 0 saturated carbocycles. The first-order valence-corrected chi connectivity index (χ1v) is 8.10. The van der Waals surface area contributed by atoms with Gasteiger partial charge in [-0.2, -0.15) is 4.98 Å². The normalized spacial score (nSPS) is 11.8. The lowest BCUT2D eigenvalue weighted by Crippen LogP contribution is -2.27. The molecule has 0 bridgehead atoms. The number of hydrogen-bond donors (Lipinski definition) is 2. The van der Waals surface area contributed by atoms with Crippen molar-refractivity contribution >= 4 is 31.6 Å². The van der Waals surface area contributed by atoms with Gasteiger partial charge in [-0.05, 0) is 35.0 Å². The number of aromatic nitrogens is 2. The second kappa shape index (κ2) is 6.08. The van der Waals surface area contributed by atoms with Crippen molar-refractivity contribution in [2.45, 2.75) is 18.2 Å². The fourth-order valence-electron chi connectivity index (χ4n) is 1.56. The molecule has 3 N–H and O–H groups in total. The molecule has 114 valence electrons. The molecular weight excluding hydrogens is 367 g/mol. The third kappa shape index (κ3) is 3.77. The molecule has 0 unspecified atom stereocenters. The Morgan fingerprint density at radius 1 is 1.48 bits per heavy atom. The topological polar surface area (TPSA) is 111 Å². The summed E-state index contributed by atoms with van der Waals surface area (Å²) in [6.07, 6.45) is 0.202. The van der Waals surface area contributed by atoms with Gasteiger partial charge in [0.25, 0.3) is 0 Å². The van der Waals surface area contributed by atoms with Crippen LogP contribution in [0.4, 0.5) is 10.1 Å². The zero-order valence-corrected chi connectivity index (χ0v) is 13.3. The standard InChI is InChI=1S/C11H12BrFN4O3S/c1-6-16-11(20-17-6)2-3-15-21(18,19)10-5-9(14)7(12)4-8(10)13/h4-5,15H,2-3,14H2,1H3. The van der Waals surface area contributed by atoms with Gasteiger partial charge >= 0.3 is 0 Å². The third-order valence-electron chi connectivity index (χ3n) is 2.54. The van der Waals surface area contributed by atoms with Crippen LogP contribution in [0.3, 0.4) is 0 Å². The minimum atomic E-state index is -4.01. The Kier molecular flexibility index (Phi) is 4.59. The van der Waals surface area contributed by atoms with Crippen molar-refractivity contribution in [3.8, 4) is 0 Å². The summed E-state index contributed by atoms with van der Waals surface area (Å²) in [6, 6.07) is 2.06. The van der Waals surface area contributed by atoms with Gasteiger partial charge in [-0.1, -0.05) is 5.16 Å². The molecule has 2 rings (SSSR count). The van der Waals surface area contributed by atoms with Crippen LogP contribution in [-0.4, -0.2) is 25.1 Å². The number of nitrogens with zero attached hydrogens (tertiary/aromatic N) is 2. The highest BCUT2D eigenvalue weighted by molar-refractivity contribution is 9.10. The number of benzene rings is 1. The van der Waals surface area contributed by atoms with E-state index in [1.54, 1.807) is 6.92 Å². The monoisotopic (exact) mass is 378 g/mol. The number of hydrogen-bond acceptors (Lipinski definition) is 6. The molecule has 0 spiro atoms. The maximum Gasteiger partial charge on any atom is 0.243 e. The lowest BCUT2D eigenvalue weighted by molar-refractivity contribution is 0.375. The van der Waals surface area contributed by atoms with Crippen LogP contribution in [0.5, 0.6) is 0 Å². The first-order chi connectivity index (χ1) is 9.79. The summed E-state index contributed by atoms with van der Waals surface area (Å²) in [7, 11) is -4.01. The highest BCUT2D eigenvalue weighted by atomic mass is 79.9. The SMILES string of the molecule is Cc1noc(CCNS(=O)(=O)c2cc(N)c(Br)cc2F)n1. The molecule has 1 heterocycles. The van der Waals surface area contributed by atoms with Crippen molar-refractivity contribution in [1.82, 2.24) is 14.9 Å². The fourth-order valence-corrected chi connectivity index (χ4v) is 3.00. The number of rotatable bonds is 5. The number of nitrogens with one attached hydrogen (secondary N) is 1. The van der Waals surface area contributed by atoms with Crippen LogP contribution in [0, 0.1) is 12.7 Å². The number of anilines is 1. The van der Waals surface area contributed by atoms with Crippen LogP contribution in [0.2, 0.25) is 0 Å². The van der Waals surface area contributed by atoms with Crippen LogP contribution in [0.15, 0.2) is 26.0 Å². The summed E-state index contributed by atoms with van der Waals surface area (Å²) < 4.78 is 45.2. The summed E-state index contributed by atoms with van der Waals surface area (Å²) in [5, 5.41) is 3.58. The molecule has 21 heavy (non-hydrogen) atoms. The minimum Gasteiger partial charge on any atom is -0.398 e. The van der Waals surface area contributed by atoms with E-state index in [1.807, 2.05) is 0 Å². The van der Waals surface area contributed by atoms with Gasteiger partial charge in [0.1, 0.15) is 10.7 Å². The third-order valence-corrected chi connectivity index (χ3v) is 4.70. The summed E-state index contributed by atoms with van der Waals surface area (Å²) in [4.78, 5) is 3.42. The van der Waals surface area contributed by atoms with E-state index in [1.165, 1.54) is 0 Å². The van der Waals surface area contributed by atoms with Crippen LogP contribution in [-0.2, 0) is 16.4 Å². The van der Waals surface area contributed by atoms with Crippen LogP contribution >= 0.6 is 15.9 Å². The quantitative estimate of drug-likeness (QED) is 0.760. The van der Waals surface area contributed by atoms with Crippen LogP contribution in [0.25, 0.3) is 0 Å². The van der Waals surface area contributed by atoms with Crippen LogP contribution < -0.4 is 10.5 Å². The Morgan fingerprint density at radius 2 is 2.19 bits per heavy atom. The minimum absolute atomic E-state index is 0.000620. The maximum absolute atomic E-state index is 13.7. The zero-order valence-electron chi connectivity index (χ0n) is 10.9. The molecule has 0 saturated heterocycles. The second-order valence-corrected chi connectivity index (χ2v) is 6.78. The second-order valence-electron chi connectivity index (χ2n) is 4.19. The first-order valence-electron chi connectivity index (χ1n) is 5.83. The highest BCUT2D eigenvalue weighted by Crippen LogP contribution is 2.25. The van der Waals surface area contributed by atoms with E-state index < -0.39 is 20.7 Å². The van der Waals surface area contributed by atoms with Crippen molar-refractivity contribution in [3.63, 3.8) is 0 Å². The van der Waals surface area contributed by atoms with Gasteiger partial charge in [0.15, 0.2) is 5.82 Å². The van der Waals surface area contributed by atoms with Crippen molar-refractivity contribution in [1.29, 1.82) is 0 Å². The summed E-state index contributed by atoms with van der Waals surface area (Å²) in [6.45, 7) is 1.65. The number of sulfonamides is 1. The van der Waals surface area contributed by atoms with Gasteiger partial charge in [0, 0.05) is 23.1 Å². The van der Waals surface area contributed by atoms with Crippen molar-refractivity contribution in [2.75, 3.05) is 12.3 Å². The van der Waals surface area contributed by atoms with E-state index >= 15 is 0 Å². The Labute approximate surface area is 128 Å². The lowest BCUT2D eigenvalue weighted by atomic mass is 10.3. The molecule has 0 atom stereocenters. The van der Waals surface area contributed by atoms with Crippen molar-refractivity contribution in [3.05, 3.63) is 34.1 Å². The van der Waals surface area contributed by atoms with Gasteiger partial charge in [0.05, 0.1) is 0 Å². The molecule has 0 aliphatic carbocycles. The van der Waals surface area contributed by atoms with E-state index in [2.05, 4.69) is 30.8 Å². The van der Waals surface area contributed by atoms with Gasteiger partial charge < -0.3 is 10.3 Å². The lowest BCUT2D eigenvalue weighted by Gasteiger charge is -2.08. The summed E-state index contributed by atoms with van der Waals surface area (Å²) in [5.41, 5.74) is 5.70. The number of aryl methyl sites for hydroxylation is 1. The number of nitrogen functional groups attached to an aromatic ring is 1. The zero-order chi connectivity index (χ0) is 15.6. The number of nitrogens with two attached hydrogens (primary N) is 1. The van der Waals surface area contributed by atoms with Crippen LogP contribution in [0.1, 0.15) is 11.7 Å². The molecule has 0 aliphatic rings. The fraction of sp³-hybridized carbons (Fsp3) is 0.273. The van der Waals surface area contributed by atoms with Gasteiger partial charge in [-0.15, -0.1) is 0 Å². The maximum atomic E-state index is 13.7. The molecule has 1 aromatic carbocycles. The van der Waals surface area contributed by atoms with E-state index in [4.69, 9.17) is 10.3 Å². The average Bonchev–Trinajstić information content (AvgIpc) is 2.79. The Hall–Kier alpha value is -1.52. The van der Waals surface area contributed by atoms with Crippen molar-refractivity contribution < 1.29 is 17.3 Å². The Bertz CT molecular complexity index is 763. The molecule has 0 radical (unpaired) electrons. The summed E-state index contributed by atoms with van der Waals surface area (Å²) in [5.74, 6) is -0.136. The molecule has 0 fully saturated rings. The largest absolute Gasteiger partial charge is 0.398 e. The van der Waals surface area contributed by atoms with E-state index in [9.17, 15) is 12.8 Å². The van der Waals surface area contributed by atoms with Gasteiger partial charge in [-0.3, -0.25) is 0 Å². The average molecular weight is 379 g/mol. The van der Waals surface area contributed by atoms with E-state index in [0.29, 0.717) is 16.2 Å². The molecule has 2 aromatic rings. The predicted octanol–water partition coefficient (Wildman–Crippen LogP) is 1.38. The predicted molar refractivity (Wildman–Crippen MR) is 76.4 cm³/mol. The highest BCUT2D eigenvalue weighted by Gasteiger charge is 2.20. The van der Waals surface area contributed by atoms with Gasteiger partial charge in [-0.25, -0.2) is 17.5 Å².